The number of nitrogens with zero attached hydrogens (tertiary/aromatic N) is 4. The lowest BCUT2D eigenvalue weighted by atomic mass is 9.99. The Morgan fingerprint density at radius 2 is 1.97 bits per heavy atom. The zero-order chi connectivity index (χ0) is 22.3. The van der Waals surface area contributed by atoms with E-state index in [1.165, 1.54) is 0 Å². The van der Waals surface area contributed by atoms with Gasteiger partial charge in [0.2, 0.25) is 17.6 Å². The van der Waals surface area contributed by atoms with E-state index < -0.39 is 0 Å². The number of amides is 2. The van der Waals surface area contributed by atoms with E-state index in [0.29, 0.717) is 49.0 Å². The molecule has 2 amide bonds. The Morgan fingerprint density at radius 3 is 2.78 bits per heavy atom. The van der Waals surface area contributed by atoms with Crippen molar-refractivity contribution in [1.29, 1.82) is 0 Å². The van der Waals surface area contributed by atoms with Crippen molar-refractivity contribution in [2.45, 2.75) is 38.5 Å². The normalized spacial score (nSPS) is 18.0. The second-order valence-corrected chi connectivity index (χ2v) is 7.98. The van der Waals surface area contributed by atoms with Crippen LogP contribution in [-0.4, -0.2) is 51.5 Å². The molecule has 166 valence electrons. The summed E-state index contributed by atoms with van der Waals surface area (Å²) in [5.74, 6) is 0.974. The van der Waals surface area contributed by atoms with Crippen LogP contribution >= 0.6 is 0 Å². The quantitative estimate of drug-likeness (QED) is 0.680. The van der Waals surface area contributed by atoms with Gasteiger partial charge in [-0.15, -0.1) is 0 Å². The molecule has 4 rings (SSSR count). The summed E-state index contributed by atoms with van der Waals surface area (Å²) in [4.78, 5) is 36.0. The molecular formula is C24H27N5O3. The molecule has 0 radical (unpaired) electrons. The maximum atomic E-state index is 13.1. The Labute approximate surface area is 187 Å². The van der Waals surface area contributed by atoms with E-state index >= 15 is 0 Å². The largest absolute Gasteiger partial charge is 0.356 e. The zero-order valence-corrected chi connectivity index (χ0v) is 18.2. The molecule has 1 atom stereocenters. The average Bonchev–Trinajstić information content (AvgIpc) is 3.29. The van der Waals surface area contributed by atoms with Gasteiger partial charge in [0.1, 0.15) is 0 Å². The number of rotatable bonds is 3. The SMILES string of the molecule is Cc1ncccc1C(=O)N1CCCC(c2nc(-c3ccccc3)no2)CCNC(=O)CC1. The molecule has 32 heavy (non-hydrogen) atoms. The van der Waals surface area contributed by atoms with Crippen LogP contribution in [0.25, 0.3) is 11.4 Å². The van der Waals surface area contributed by atoms with Crippen LogP contribution in [0.1, 0.15) is 53.5 Å². The lowest BCUT2D eigenvalue weighted by molar-refractivity contribution is -0.121. The minimum atomic E-state index is -0.0941. The molecule has 2 aromatic heterocycles. The standard InChI is InChI=1S/C24H27N5O3/c1-17-20(10-5-13-25-17)24(31)29-15-6-9-19(11-14-26-21(30)12-16-29)23-27-22(28-32-23)18-7-3-2-4-8-18/h2-5,7-8,10,13,19H,6,9,11-12,14-16H2,1H3,(H,26,30). The van der Waals surface area contributed by atoms with Crippen LogP contribution in [0.2, 0.25) is 0 Å². The first-order valence-electron chi connectivity index (χ1n) is 11.0. The van der Waals surface area contributed by atoms with E-state index in [1.807, 2.05) is 37.3 Å². The highest BCUT2D eigenvalue weighted by molar-refractivity contribution is 5.95. The zero-order valence-electron chi connectivity index (χ0n) is 18.2. The molecule has 1 aliphatic rings. The van der Waals surface area contributed by atoms with E-state index in [2.05, 4.69) is 20.4 Å². The van der Waals surface area contributed by atoms with E-state index in [1.54, 1.807) is 23.2 Å². The van der Waals surface area contributed by atoms with Gasteiger partial charge in [-0.05, 0) is 38.3 Å². The predicted molar refractivity (Wildman–Crippen MR) is 119 cm³/mol. The van der Waals surface area contributed by atoms with E-state index in [0.717, 1.165) is 18.4 Å². The van der Waals surface area contributed by atoms with Crippen molar-refractivity contribution >= 4 is 11.8 Å². The van der Waals surface area contributed by atoms with E-state index in [9.17, 15) is 9.59 Å². The van der Waals surface area contributed by atoms with Gasteiger partial charge in [0.25, 0.3) is 5.91 Å². The van der Waals surface area contributed by atoms with Gasteiger partial charge >= 0.3 is 0 Å². The lowest BCUT2D eigenvalue weighted by Crippen LogP contribution is -2.36. The fraction of sp³-hybridized carbons (Fsp3) is 0.375. The lowest BCUT2D eigenvalue weighted by Gasteiger charge is -2.23. The number of aryl methyl sites for hydroxylation is 1. The number of aromatic nitrogens is 3. The van der Waals surface area contributed by atoms with Crippen molar-refractivity contribution in [3.05, 3.63) is 65.8 Å². The average molecular weight is 434 g/mol. The van der Waals surface area contributed by atoms with Crippen molar-refractivity contribution in [1.82, 2.24) is 25.3 Å². The van der Waals surface area contributed by atoms with Gasteiger partial charge in [0.15, 0.2) is 0 Å². The first-order chi connectivity index (χ1) is 15.6. The highest BCUT2D eigenvalue weighted by Crippen LogP contribution is 2.26. The van der Waals surface area contributed by atoms with Crippen molar-refractivity contribution in [2.24, 2.45) is 0 Å². The number of nitrogens with one attached hydrogen (secondary N) is 1. The molecule has 3 heterocycles. The molecule has 8 heteroatoms. The molecule has 8 nitrogen and oxygen atoms in total. The van der Waals surface area contributed by atoms with E-state index in [4.69, 9.17) is 4.52 Å². The summed E-state index contributed by atoms with van der Waals surface area (Å²) in [6.45, 7) is 3.28. The molecule has 3 aromatic rings. The smallest absolute Gasteiger partial charge is 0.255 e. The fourth-order valence-electron chi connectivity index (χ4n) is 3.93. The van der Waals surface area contributed by atoms with Gasteiger partial charge in [-0.3, -0.25) is 14.6 Å². The Kier molecular flexibility index (Phi) is 6.89. The Bertz CT molecular complexity index is 1070. The predicted octanol–water partition coefficient (Wildman–Crippen LogP) is 3.36. The van der Waals surface area contributed by atoms with Crippen LogP contribution in [0.5, 0.6) is 0 Å². The maximum absolute atomic E-state index is 13.1. The minimum absolute atomic E-state index is 0.00967. The minimum Gasteiger partial charge on any atom is -0.356 e. The van der Waals surface area contributed by atoms with Gasteiger partial charge < -0.3 is 14.7 Å². The third-order valence-corrected chi connectivity index (χ3v) is 5.75. The highest BCUT2D eigenvalue weighted by Gasteiger charge is 2.24. The van der Waals surface area contributed by atoms with E-state index in [-0.39, 0.29) is 24.2 Å². The van der Waals surface area contributed by atoms with Crippen LogP contribution in [-0.2, 0) is 4.79 Å². The highest BCUT2D eigenvalue weighted by atomic mass is 16.5. The second kappa shape index (κ2) is 10.2. The maximum Gasteiger partial charge on any atom is 0.255 e. The molecule has 0 bridgehead atoms. The molecular weight excluding hydrogens is 406 g/mol. The van der Waals surface area contributed by atoms with Crippen molar-refractivity contribution in [3.8, 4) is 11.4 Å². The Hall–Kier alpha value is -3.55. The third-order valence-electron chi connectivity index (χ3n) is 5.75. The number of pyridine rings is 1. The summed E-state index contributed by atoms with van der Waals surface area (Å²) in [6, 6.07) is 13.2. The molecule has 1 N–H and O–H groups in total. The second-order valence-electron chi connectivity index (χ2n) is 7.98. The summed E-state index contributed by atoms with van der Waals surface area (Å²) < 4.78 is 5.58. The van der Waals surface area contributed by atoms with Crippen molar-refractivity contribution in [2.75, 3.05) is 19.6 Å². The van der Waals surface area contributed by atoms with Gasteiger partial charge in [-0.2, -0.15) is 4.98 Å². The molecule has 1 unspecified atom stereocenters. The molecule has 0 aliphatic carbocycles. The monoisotopic (exact) mass is 433 g/mol. The fourth-order valence-corrected chi connectivity index (χ4v) is 3.93. The summed E-state index contributed by atoms with van der Waals surface area (Å²) >= 11 is 0. The van der Waals surface area contributed by atoms with Crippen LogP contribution in [0.4, 0.5) is 0 Å². The van der Waals surface area contributed by atoms with Gasteiger partial charge in [0, 0.05) is 49.4 Å². The Balaban J connectivity index is 1.49. The number of carbonyl (C=O) groups excluding carboxylic acids is 2. The van der Waals surface area contributed by atoms with Crippen molar-refractivity contribution in [3.63, 3.8) is 0 Å². The number of hydrogen-bond donors (Lipinski definition) is 1. The third kappa shape index (κ3) is 5.19. The van der Waals surface area contributed by atoms with Crippen molar-refractivity contribution < 1.29 is 14.1 Å². The summed E-state index contributed by atoms with van der Waals surface area (Å²) in [5.41, 5.74) is 2.16. The molecule has 0 saturated carbocycles. The number of benzene rings is 1. The van der Waals surface area contributed by atoms with Gasteiger partial charge in [-0.25, -0.2) is 0 Å². The topological polar surface area (TPSA) is 101 Å². The number of carbonyl (C=O) groups is 2. The van der Waals surface area contributed by atoms with Crippen LogP contribution in [0, 0.1) is 6.92 Å². The van der Waals surface area contributed by atoms with Crippen LogP contribution in [0.3, 0.4) is 0 Å². The summed E-state index contributed by atoms with van der Waals surface area (Å²) in [7, 11) is 0. The molecule has 1 aromatic carbocycles. The van der Waals surface area contributed by atoms with Crippen LogP contribution in [0.15, 0.2) is 53.2 Å². The van der Waals surface area contributed by atoms with Crippen LogP contribution < -0.4 is 5.32 Å². The molecule has 1 fully saturated rings. The number of hydrogen-bond acceptors (Lipinski definition) is 6. The van der Waals surface area contributed by atoms with Gasteiger partial charge in [-0.1, -0.05) is 35.5 Å². The van der Waals surface area contributed by atoms with Gasteiger partial charge in [0.05, 0.1) is 5.56 Å². The summed E-state index contributed by atoms with van der Waals surface area (Å²) in [6.07, 6.45) is 4.20. The first kappa shape index (κ1) is 21.7. The Morgan fingerprint density at radius 1 is 1.12 bits per heavy atom. The molecule has 1 saturated heterocycles. The molecule has 0 spiro atoms. The first-order valence-corrected chi connectivity index (χ1v) is 11.0. The summed E-state index contributed by atoms with van der Waals surface area (Å²) in [5, 5.41) is 7.09. The molecule has 1 aliphatic heterocycles.